The first-order chi connectivity index (χ1) is 10.4. The van der Waals surface area contributed by atoms with Crippen LogP contribution in [0.2, 0.25) is 0 Å². The highest BCUT2D eigenvalue weighted by molar-refractivity contribution is 7.92. The molecule has 1 rings (SSSR count). The molecule has 23 heavy (non-hydrogen) atoms. The summed E-state index contributed by atoms with van der Waals surface area (Å²) >= 11 is 0. The molecule has 0 saturated heterocycles. The van der Waals surface area contributed by atoms with Crippen LogP contribution in [0.5, 0.6) is 0 Å². The molecule has 0 N–H and O–H groups in total. The van der Waals surface area contributed by atoms with Gasteiger partial charge in [-0.25, -0.2) is 8.42 Å². The Balaban J connectivity index is 3.05. The molecule has 1 aromatic carbocycles. The Morgan fingerprint density at radius 3 is 2.22 bits per heavy atom. The van der Waals surface area contributed by atoms with Crippen LogP contribution in [0.4, 0.5) is 13.2 Å². The second-order valence-corrected chi connectivity index (χ2v) is 7.46. The summed E-state index contributed by atoms with van der Waals surface area (Å²) in [6.07, 6.45) is -3.86. The van der Waals surface area contributed by atoms with E-state index in [9.17, 15) is 26.4 Å². The van der Waals surface area contributed by atoms with Crippen molar-refractivity contribution in [1.29, 1.82) is 5.26 Å². The zero-order valence-corrected chi connectivity index (χ0v) is 13.3. The highest BCUT2D eigenvalue weighted by Crippen LogP contribution is 2.20. The predicted octanol–water partition coefficient (Wildman–Crippen LogP) is 1.88. The van der Waals surface area contributed by atoms with Gasteiger partial charge in [-0.05, 0) is 24.6 Å². The molecule has 0 aliphatic carbocycles. The molecule has 0 aromatic heterocycles. The van der Waals surface area contributed by atoms with E-state index in [4.69, 9.17) is 5.26 Å². The molecule has 0 fully saturated rings. The Bertz CT molecular complexity index is 706. The Morgan fingerprint density at radius 2 is 1.83 bits per heavy atom. The number of benzene rings is 1. The Hall–Kier alpha value is -2.08. The van der Waals surface area contributed by atoms with Crippen LogP contribution < -0.4 is 0 Å². The summed E-state index contributed by atoms with van der Waals surface area (Å²) in [5.41, 5.74) is 0.689. The maximum atomic E-state index is 12.7. The number of nitriles is 1. The van der Waals surface area contributed by atoms with Crippen molar-refractivity contribution in [1.82, 2.24) is 4.90 Å². The van der Waals surface area contributed by atoms with Crippen molar-refractivity contribution in [3.8, 4) is 6.07 Å². The lowest BCUT2D eigenvalue weighted by molar-refractivity contribution is -0.162. The van der Waals surface area contributed by atoms with Gasteiger partial charge in [-0.15, -0.1) is 0 Å². The number of alkyl halides is 3. The van der Waals surface area contributed by atoms with Crippen LogP contribution in [0.1, 0.15) is 18.1 Å². The zero-order valence-electron chi connectivity index (χ0n) is 12.5. The zero-order chi connectivity index (χ0) is 17.8. The predicted molar refractivity (Wildman–Crippen MR) is 76.9 cm³/mol. The van der Waals surface area contributed by atoms with E-state index in [-0.39, 0.29) is 0 Å². The van der Waals surface area contributed by atoms with Crippen molar-refractivity contribution in [2.24, 2.45) is 0 Å². The van der Waals surface area contributed by atoms with Gasteiger partial charge in [-0.3, -0.25) is 4.79 Å². The van der Waals surface area contributed by atoms with Crippen LogP contribution >= 0.6 is 0 Å². The van der Waals surface area contributed by atoms with Gasteiger partial charge in [-0.1, -0.05) is 12.1 Å². The molecule has 0 aliphatic heterocycles. The van der Waals surface area contributed by atoms with Crippen molar-refractivity contribution in [3.63, 3.8) is 0 Å². The van der Waals surface area contributed by atoms with Crippen LogP contribution in [-0.4, -0.2) is 43.5 Å². The van der Waals surface area contributed by atoms with Crippen molar-refractivity contribution in [2.45, 2.75) is 24.9 Å². The molecule has 0 spiro atoms. The van der Waals surface area contributed by atoms with Crippen molar-refractivity contribution < 1.29 is 26.4 Å². The van der Waals surface area contributed by atoms with E-state index in [0.29, 0.717) is 16.0 Å². The first-order valence-corrected chi connectivity index (χ1v) is 8.43. The van der Waals surface area contributed by atoms with Crippen molar-refractivity contribution in [2.75, 3.05) is 12.8 Å². The summed E-state index contributed by atoms with van der Waals surface area (Å²) in [6, 6.07) is 7.52. The molecule has 5 nitrogen and oxygen atoms in total. The second kappa shape index (κ2) is 7.00. The lowest BCUT2D eigenvalue weighted by Gasteiger charge is -2.26. The SMILES string of the molecule is CC(C(=O)N(Cc1ccc(C#N)cc1)CC(F)(F)F)S(C)(=O)=O. The Morgan fingerprint density at radius 1 is 1.30 bits per heavy atom. The molecule has 1 atom stereocenters. The average Bonchev–Trinajstić information content (AvgIpc) is 2.43. The number of rotatable bonds is 5. The number of sulfone groups is 1. The maximum Gasteiger partial charge on any atom is 0.406 e. The van der Waals surface area contributed by atoms with E-state index in [1.54, 1.807) is 0 Å². The number of hydrogen-bond donors (Lipinski definition) is 0. The van der Waals surface area contributed by atoms with Gasteiger partial charge in [0.1, 0.15) is 11.8 Å². The molecule has 1 aromatic rings. The lowest BCUT2D eigenvalue weighted by atomic mass is 10.1. The molecular weight excluding hydrogens is 333 g/mol. The quantitative estimate of drug-likeness (QED) is 0.814. The number of hydrogen-bond acceptors (Lipinski definition) is 4. The second-order valence-electron chi connectivity index (χ2n) is 5.09. The monoisotopic (exact) mass is 348 g/mol. The molecule has 9 heteroatoms. The van der Waals surface area contributed by atoms with Crippen molar-refractivity contribution in [3.05, 3.63) is 35.4 Å². The third-order valence-electron chi connectivity index (χ3n) is 3.13. The standard InChI is InChI=1S/C14H15F3N2O3S/c1-10(23(2,21)22)13(20)19(9-14(15,16)17)8-12-5-3-11(7-18)4-6-12/h3-6,10H,8-9H2,1-2H3. The first kappa shape index (κ1) is 19.0. The Kier molecular flexibility index (Phi) is 5.77. The number of carbonyl (C=O) groups excluding carboxylic acids is 1. The third kappa shape index (κ3) is 5.90. The van der Waals surface area contributed by atoms with E-state index in [1.807, 2.05) is 6.07 Å². The highest BCUT2D eigenvalue weighted by atomic mass is 32.2. The van der Waals surface area contributed by atoms with Gasteiger partial charge in [0.2, 0.25) is 5.91 Å². The fourth-order valence-corrected chi connectivity index (χ4v) is 2.29. The van der Waals surface area contributed by atoms with Gasteiger partial charge in [-0.2, -0.15) is 18.4 Å². The molecule has 1 unspecified atom stereocenters. The van der Waals surface area contributed by atoms with Gasteiger partial charge in [0.15, 0.2) is 9.84 Å². The topological polar surface area (TPSA) is 78.2 Å². The highest BCUT2D eigenvalue weighted by Gasteiger charge is 2.36. The number of nitrogens with zero attached hydrogens (tertiary/aromatic N) is 2. The van der Waals surface area contributed by atoms with Gasteiger partial charge in [0, 0.05) is 12.8 Å². The minimum absolute atomic E-state index is 0.326. The van der Waals surface area contributed by atoms with Gasteiger partial charge in [0.25, 0.3) is 0 Å². The van der Waals surface area contributed by atoms with E-state index < -0.39 is 40.3 Å². The smallest absolute Gasteiger partial charge is 0.328 e. The van der Waals surface area contributed by atoms with Crippen LogP contribution in [0, 0.1) is 11.3 Å². The Labute approximate surface area is 132 Å². The van der Waals surface area contributed by atoms with Crippen LogP contribution in [0.3, 0.4) is 0 Å². The van der Waals surface area contributed by atoms with Gasteiger partial charge >= 0.3 is 6.18 Å². The molecule has 0 radical (unpaired) electrons. The number of halogens is 3. The molecule has 126 valence electrons. The maximum absolute atomic E-state index is 12.7. The third-order valence-corrected chi connectivity index (χ3v) is 4.61. The van der Waals surface area contributed by atoms with E-state index in [1.165, 1.54) is 24.3 Å². The fraction of sp³-hybridized carbons (Fsp3) is 0.429. The fourth-order valence-electron chi connectivity index (χ4n) is 1.77. The molecular formula is C14H15F3N2O3S. The van der Waals surface area contributed by atoms with Crippen LogP contribution in [0.15, 0.2) is 24.3 Å². The summed E-state index contributed by atoms with van der Waals surface area (Å²) in [4.78, 5) is 12.5. The van der Waals surface area contributed by atoms with Gasteiger partial charge in [0.05, 0.1) is 11.6 Å². The van der Waals surface area contributed by atoms with Gasteiger partial charge < -0.3 is 4.90 Å². The molecule has 0 heterocycles. The first-order valence-electron chi connectivity index (χ1n) is 6.47. The lowest BCUT2D eigenvalue weighted by Crippen LogP contribution is -2.45. The summed E-state index contributed by atoms with van der Waals surface area (Å²) < 4.78 is 60.8. The number of amides is 1. The molecule has 0 bridgehead atoms. The van der Waals surface area contributed by atoms with Crippen LogP contribution in [0.25, 0.3) is 0 Å². The number of carbonyl (C=O) groups is 1. The van der Waals surface area contributed by atoms with E-state index >= 15 is 0 Å². The summed E-state index contributed by atoms with van der Waals surface area (Å²) in [6.45, 7) is -0.893. The van der Waals surface area contributed by atoms with E-state index in [2.05, 4.69) is 0 Å². The molecule has 1 amide bonds. The van der Waals surface area contributed by atoms with E-state index in [0.717, 1.165) is 13.2 Å². The summed E-state index contributed by atoms with van der Waals surface area (Å²) in [5.74, 6) is -1.12. The van der Waals surface area contributed by atoms with Crippen molar-refractivity contribution >= 4 is 15.7 Å². The average molecular weight is 348 g/mol. The van der Waals surface area contributed by atoms with Crippen LogP contribution in [-0.2, 0) is 21.2 Å². The molecule has 0 aliphatic rings. The normalized spacial score (nSPS) is 13.2. The molecule has 0 saturated carbocycles. The summed E-state index contributed by atoms with van der Waals surface area (Å²) in [7, 11) is -3.81. The minimum atomic E-state index is -4.65. The largest absolute Gasteiger partial charge is 0.406 e. The minimum Gasteiger partial charge on any atom is -0.328 e. The summed E-state index contributed by atoms with van der Waals surface area (Å²) in [5, 5.41) is 7.12.